The zero-order chi connectivity index (χ0) is 20.5. The van der Waals surface area contributed by atoms with E-state index in [2.05, 4.69) is 22.2 Å². The Morgan fingerprint density at radius 1 is 0.966 bits per heavy atom. The molecule has 7 heteroatoms. The Labute approximate surface area is 175 Å². The number of H-pyrrole nitrogens is 1. The van der Waals surface area contributed by atoms with Gasteiger partial charge in [-0.25, -0.2) is 9.78 Å². The van der Waals surface area contributed by atoms with E-state index in [-0.39, 0.29) is 17.8 Å². The quantitative estimate of drug-likeness (QED) is 0.313. The number of carboxylic acid groups (broad SMARTS) is 1. The van der Waals surface area contributed by atoms with Crippen molar-refractivity contribution in [3.63, 3.8) is 0 Å². The van der Waals surface area contributed by atoms with Crippen molar-refractivity contribution >= 4 is 11.9 Å². The first-order chi connectivity index (χ1) is 13.6. The minimum atomic E-state index is -1.02. The molecule has 0 aliphatic carbocycles. The van der Waals surface area contributed by atoms with Crippen molar-refractivity contribution < 1.29 is 20.2 Å². The predicted octanol–water partition coefficient (Wildman–Crippen LogP) is 4.18. The highest BCUT2D eigenvalue weighted by atomic mass is 16.4. The zero-order valence-electron chi connectivity index (χ0n) is 18.0. The number of carbonyl (C=O) groups excluding carboxylic acids is 1. The molecule has 0 spiro atoms. The maximum absolute atomic E-state index is 12.0. The molecular formula is C22H41N3O4. The number of aliphatic carboxylic acids is 1. The van der Waals surface area contributed by atoms with E-state index >= 15 is 0 Å². The molecule has 1 aromatic heterocycles. The third kappa shape index (κ3) is 14.7. The lowest BCUT2D eigenvalue weighted by Crippen LogP contribution is -2.42. The first-order valence-corrected chi connectivity index (χ1v) is 11.1. The smallest absolute Gasteiger partial charge is 0.326 e. The largest absolute Gasteiger partial charge is 0.480 e. The van der Waals surface area contributed by atoms with E-state index in [1.54, 1.807) is 6.20 Å². The third-order valence-electron chi connectivity index (χ3n) is 5.12. The van der Waals surface area contributed by atoms with Gasteiger partial charge in [-0.3, -0.25) is 4.79 Å². The highest BCUT2D eigenvalue weighted by Crippen LogP contribution is 2.13. The fourth-order valence-corrected chi connectivity index (χ4v) is 3.39. The Kier molecular flexibility index (Phi) is 17.0. The Balaban J connectivity index is 0.00000784. The van der Waals surface area contributed by atoms with Crippen LogP contribution in [-0.2, 0) is 16.0 Å². The van der Waals surface area contributed by atoms with Gasteiger partial charge < -0.3 is 20.9 Å². The Bertz CT molecular complexity index is 520. The van der Waals surface area contributed by atoms with E-state index in [9.17, 15) is 14.7 Å². The van der Waals surface area contributed by atoms with Crippen molar-refractivity contribution in [3.05, 3.63) is 18.2 Å². The number of hydrogen-bond acceptors (Lipinski definition) is 3. The van der Waals surface area contributed by atoms with Crippen LogP contribution in [0.1, 0.15) is 103 Å². The number of nitrogens with one attached hydrogen (secondary N) is 2. The van der Waals surface area contributed by atoms with E-state index in [1.165, 1.54) is 70.5 Å². The van der Waals surface area contributed by atoms with Crippen LogP contribution in [0.15, 0.2) is 12.5 Å². The lowest BCUT2D eigenvalue weighted by molar-refractivity contribution is -0.141. The van der Waals surface area contributed by atoms with Crippen LogP contribution in [-0.4, -0.2) is 38.5 Å². The minimum absolute atomic E-state index is 0. The number of carbonyl (C=O) groups is 2. The summed E-state index contributed by atoms with van der Waals surface area (Å²) in [7, 11) is 0. The number of rotatable bonds is 18. The number of unbranched alkanes of at least 4 members (excludes halogenated alkanes) is 12. The number of aromatic amines is 1. The molecule has 1 amide bonds. The fourth-order valence-electron chi connectivity index (χ4n) is 3.39. The summed E-state index contributed by atoms with van der Waals surface area (Å²) in [6, 6.07) is -0.907. The van der Waals surface area contributed by atoms with E-state index in [1.807, 2.05) is 0 Å². The van der Waals surface area contributed by atoms with E-state index in [0.717, 1.165) is 19.3 Å². The molecule has 0 fully saturated rings. The fraction of sp³-hybridized carbons (Fsp3) is 0.773. The van der Waals surface area contributed by atoms with Gasteiger partial charge in [-0.1, -0.05) is 84.0 Å². The average Bonchev–Trinajstić information content (AvgIpc) is 3.18. The monoisotopic (exact) mass is 411 g/mol. The molecule has 0 saturated carbocycles. The molecule has 0 aliphatic heterocycles. The number of imidazole rings is 1. The van der Waals surface area contributed by atoms with Crippen LogP contribution in [0.2, 0.25) is 0 Å². The zero-order valence-corrected chi connectivity index (χ0v) is 18.0. The topological polar surface area (TPSA) is 127 Å². The van der Waals surface area contributed by atoms with Gasteiger partial charge in [0, 0.05) is 24.7 Å². The second-order valence-corrected chi connectivity index (χ2v) is 7.73. The maximum atomic E-state index is 12.0. The molecule has 0 bridgehead atoms. The molecule has 1 aromatic rings. The van der Waals surface area contributed by atoms with E-state index in [0.29, 0.717) is 12.1 Å². The van der Waals surface area contributed by atoms with E-state index in [4.69, 9.17) is 0 Å². The molecule has 1 rings (SSSR count). The van der Waals surface area contributed by atoms with Crippen molar-refractivity contribution in [2.45, 2.75) is 109 Å². The summed E-state index contributed by atoms with van der Waals surface area (Å²) in [4.78, 5) is 30.0. The summed E-state index contributed by atoms with van der Waals surface area (Å²) in [6.07, 6.45) is 20.1. The summed E-state index contributed by atoms with van der Waals surface area (Å²) < 4.78 is 0. The Morgan fingerprint density at radius 2 is 1.48 bits per heavy atom. The molecule has 0 unspecified atom stereocenters. The summed E-state index contributed by atoms with van der Waals surface area (Å²) in [5, 5.41) is 11.9. The van der Waals surface area contributed by atoms with Gasteiger partial charge in [-0.15, -0.1) is 0 Å². The number of carboxylic acids is 1. The van der Waals surface area contributed by atoms with Crippen LogP contribution >= 0.6 is 0 Å². The van der Waals surface area contributed by atoms with Crippen LogP contribution in [0.3, 0.4) is 0 Å². The molecular weight excluding hydrogens is 370 g/mol. The molecule has 1 atom stereocenters. The normalized spacial score (nSPS) is 11.6. The molecule has 0 radical (unpaired) electrons. The summed E-state index contributed by atoms with van der Waals surface area (Å²) >= 11 is 0. The predicted molar refractivity (Wildman–Crippen MR) is 116 cm³/mol. The van der Waals surface area contributed by atoms with Gasteiger partial charge in [-0.05, 0) is 6.42 Å². The lowest BCUT2D eigenvalue weighted by atomic mass is 10.0. The number of hydrogen-bond donors (Lipinski definition) is 3. The molecule has 0 aromatic carbocycles. The van der Waals surface area contributed by atoms with Crippen LogP contribution in [0, 0.1) is 0 Å². The number of nitrogens with zero attached hydrogens (tertiary/aromatic N) is 1. The van der Waals surface area contributed by atoms with Gasteiger partial charge in [0.2, 0.25) is 5.91 Å². The van der Waals surface area contributed by atoms with Gasteiger partial charge >= 0.3 is 5.97 Å². The van der Waals surface area contributed by atoms with Crippen LogP contribution in [0.4, 0.5) is 0 Å². The highest BCUT2D eigenvalue weighted by molar-refractivity contribution is 5.83. The highest BCUT2D eigenvalue weighted by Gasteiger charge is 2.20. The van der Waals surface area contributed by atoms with Crippen molar-refractivity contribution in [1.82, 2.24) is 15.3 Å². The van der Waals surface area contributed by atoms with Crippen LogP contribution < -0.4 is 5.32 Å². The van der Waals surface area contributed by atoms with Crippen LogP contribution in [0.5, 0.6) is 0 Å². The van der Waals surface area contributed by atoms with Gasteiger partial charge in [0.1, 0.15) is 6.04 Å². The van der Waals surface area contributed by atoms with Crippen molar-refractivity contribution in [1.29, 1.82) is 0 Å². The summed E-state index contributed by atoms with van der Waals surface area (Å²) in [6.45, 7) is 2.25. The van der Waals surface area contributed by atoms with Gasteiger partial charge in [-0.2, -0.15) is 0 Å². The van der Waals surface area contributed by atoms with Gasteiger partial charge in [0.15, 0.2) is 0 Å². The SMILES string of the molecule is CCCCCCCCCCCCCCCC(=O)N[C@@H](Cc1cnc[nH]1)C(=O)O.O. The van der Waals surface area contributed by atoms with Gasteiger partial charge in [0.25, 0.3) is 0 Å². The summed E-state index contributed by atoms with van der Waals surface area (Å²) in [5.74, 6) is -1.21. The Hall–Kier alpha value is -1.89. The first kappa shape index (κ1) is 27.1. The van der Waals surface area contributed by atoms with Crippen molar-refractivity contribution in [3.8, 4) is 0 Å². The van der Waals surface area contributed by atoms with Crippen molar-refractivity contribution in [2.75, 3.05) is 0 Å². The van der Waals surface area contributed by atoms with E-state index < -0.39 is 12.0 Å². The Morgan fingerprint density at radius 3 is 1.93 bits per heavy atom. The molecule has 0 saturated heterocycles. The van der Waals surface area contributed by atoms with Crippen molar-refractivity contribution in [2.24, 2.45) is 0 Å². The molecule has 7 nitrogen and oxygen atoms in total. The lowest BCUT2D eigenvalue weighted by Gasteiger charge is -2.13. The maximum Gasteiger partial charge on any atom is 0.326 e. The third-order valence-corrected chi connectivity index (χ3v) is 5.12. The first-order valence-electron chi connectivity index (χ1n) is 11.1. The molecule has 1 heterocycles. The molecule has 29 heavy (non-hydrogen) atoms. The average molecular weight is 412 g/mol. The standard InChI is InChI=1S/C22H39N3O3.H2O/c1-2-3-4-5-6-7-8-9-10-11-12-13-14-15-21(26)25-20(22(27)28)16-19-17-23-18-24-19;/h17-18,20H,2-16H2,1H3,(H,23,24)(H,25,26)(H,27,28);1H2/t20-;/m0./s1. The molecule has 168 valence electrons. The summed E-state index contributed by atoms with van der Waals surface area (Å²) in [5.41, 5.74) is 0.702. The second kappa shape index (κ2) is 18.2. The molecule has 5 N–H and O–H groups in total. The second-order valence-electron chi connectivity index (χ2n) is 7.73. The minimum Gasteiger partial charge on any atom is -0.480 e. The number of aromatic nitrogens is 2. The molecule has 0 aliphatic rings. The van der Waals surface area contributed by atoms with Gasteiger partial charge in [0.05, 0.1) is 6.33 Å². The van der Waals surface area contributed by atoms with Crippen LogP contribution in [0.25, 0.3) is 0 Å². The number of amides is 1.